The lowest BCUT2D eigenvalue weighted by molar-refractivity contribution is -0.142. The summed E-state index contributed by atoms with van der Waals surface area (Å²) in [6, 6.07) is 0. The highest BCUT2D eigenvalue weighted by atomic mass is 16.4. The first-order valence-electron chi connectivity index (χ1n) is 5.35. The summed E-state index contributed by atoms with van der Waals surface area (Å²) in [7, 11) is 1.81. The molecule has 0 amide bonds. The van der Waals surface area contributed by atoms with E-state index in [2.05, 4.69) is 10.1 Å². The van der Waals surface area contributed by atoms with Crippen LogP contribution in [0.5, 0.6) is 0 Å². The molecular weight excluding hydrogens is 206 g/mol. The van der Waals surface area contributed by atoms with Gasteiger partial charge in [-0.3, -0.25) is 9.48 Å². The zero-order valence-corrected chi connectivity index (χ0v) is 9.42. The van der Waals surface area contributed by atoms with Crippen molar-refractivity contribution in [1.82, 2.24) is 14.8 Å². The fourth-order valence-corrected chi connectivity index (χ4v) is 2.22. The molecule has 0 saturated heterocycles. The first-order valence-corrected chi connectivity index (χ1v) is 5.35. The van der Waals surface area contributed by atoms with Gasteiger partial charge in [0.05, 0.1) is 5.92 Å². The highest BCUT2D eigenvalue weighted by molar-refractivity contribution is 5.71. The van der Waals surface area contributed by atoms with E-state index >= 15 is 0 Å². The molecule has 0 bridgehead atoms. The predicted molar refractivity (Wildman–Crippen MR) is 58.0 cm³/mol. The Labute approximate surface area is 93.8 Å². The van der Waals surface area contributed by atoms with Crippen LogP contribution in [0.1, 0.15) is 30.4 Å². The van der Waals surface area contributed by atoms with Crippen LogP contribution in [0.3, 0.4) is 0 Å². The topological polar surface area (TPSA) is 68.0 Å². The first-order chi connectivity index (χ1) is 7.59. The van der Waals surface area contributed by atoms with Crippen LogP contribution in [-0.4, -0.2) is 25.8 Å². The lowest BCUT2D eigenvalue weighted by Gasteiger charge is -2.23. The Bertz CT molecular complexity index is 436. The van der Waals surface area contributed by atoms with Gasteiger partial charge in [-0.15, -0.1) is 0 Å². The zero-order chi connectivity index (χ0) is 11.7. The van der Waals surface area contributed by atoms with Crippen molar-refractivity contribution in [2.75, 3.05) is 0 Å². The molecular formula is C11H15N3O2. The van der Waals surface area contributed by atoms with E-state index in [1.807, 2.05) is 26.1 Å². The Kier molecular flexibility index (Phi) is 2.77. The number of nitrogens with zero attached hydrogens (tertiary/aromatic N) is 3. The van der Waals surface area contributed by atoms with Gasteiger partial charge in [-0.2, -0.15) is 5.10 Å². The zero-order valence-electron chi connectivity index (χ0n) is 9.42. The minimum atomic E-state index is -0.755. The molecule has 2 rings (SSSR count). The summed E-state index contributed by atoms with van der Waals surface area (Å²) >= 11 is 0. The smallest absolute Gasteiger partial charge is 0.307 e. The Morgan fingerprint density at radius 2 is 2.19 bits per heavy atom. The number of allylic oxidation sites excluding steroid dienone is 2. The monoisotopic (exact) mass is 221 g/mol. The van der Waals surface area contributed by atoms with Gasteiger partial charge in [0.25, 0.3) is 0 Å². The molecule has 2 atom stereocenters. The molecule has 1 N–H and O–H groups in total. The molecule has 2 unspecified atom stereocenters. The number of aromatic nitrogens is 3. The van der Waals surface area contributed by atoms with Crippen LogP contribution >= 0.6 is 0 Å². The summed E-state index contributed by atoms with van der Waals surface area (Å²) in [6.45, 7) is 1.82. The molecule has 0 saturated carbocycles. The third-order valence-electron chi connectivity index (χ3n) is 2.98. The summed E-state index contributed by atoms with van der Waals surface area (Å²) in [6.07, 6.45) is 5.25. The Balaban J connectivity index is 2.34. The number of hydrogen-bond acceptors (Lipinski definition) is 3. The molecule has 1 aromatic rings. The second-order valence-corrected chi connectivity index (χ2v) is 4.13. The molecule has 5 nitrogen and oxygen atoms in total. The van der Waals surface area contributed by atoms with Gasteiger partial charge in [0.1, 0.15) is 11.6 Å². The number of rotatable bonds is 2. The summed E-state index contributed by atoms with van der Waals surface area (Å²) in [5, 5.41) is 13.3. The van der Waals surface area contributed by atoms with Crippen molar-refractivity contribution in [3.05, 3.63) is 23.8 Å². The van der Waals surface area contributed by atoms with Crippen LogP contribution in [0.4, 0.5) is 0 Å². The maximum atomic E-state index is 11.2. The van der Waals surface area contributed by atoms with Gasteiger partial charge in [0, 0.05) is 13.0 Å². The van der Waals surface area contributed by atoms with Gasteiger partial charge in [-0.05, 0) is 19.8 Å². The Morgan fingerprint density at radius 1 is 1.50 bits per heavy atom. The maximum Gasteiger partial charge on any atom is 0.307 e. The molecule has 0 aromatic carbocycles. The van der Waals surface area contributed by atoms with Crippen LogP contribution in [0.2, 0.25) is 0 Å². The molecule has 0 spiro atoms. The minimum absolute atomic E-state index is 0.0614. The van der Waals surface area contributed by atoms with Gasteiger partial charge in [0.2, 0.25) is 0 Å². The van der Waals surface area contributed by atoms with E-state index in [1.54, 1.807) is 4.68 Å². The Hall–Kier alpha value is -1.65. The van der Waals surface area contributed by atoms with E-state index in [-0.39, 0.29) is 11.8 Å². The van der Waals surface area contributed by atoms with Crippen LogP contribution < -0.4 is 0 Å². The highest BCUT2D eigenvalue weighted by Gasteiger charge is 2.32. The molecule has 0 radical (unpaired) electrons. The maximum absolute atomic E-state index is 11.2. The molecule has 5 heteroatoms. The molecule has 86 valence electrons. The standard InChI is InChI=1S/C11H15N3O2/c1-7-12-10(14(2)13-7)8-5-3-4-6-9(8)11(15)16/h3-4,8-9H,5-6H2,1-2H3,(H,15,16). The van der Waals surface area contributed by atoms with E-state index in [1.165, 1.54) is 0 Å². The van der Waals surface area contributed by atoms with E-state index in [9.17, 15) is 9.90 Å². The van der Waals surface area contributed by atoms with E-state index in [0.717, 1.165) is 12.2 Å². The van der Waals surface area contributed by atoms with Crippen molar-refractivity contribution >= 4 is 5.97 Å². The van der Waals surface area contributed by atoms with Crippen molar-refractivity contribution in [3.63, 3.8) is 0 Å². The summed E-state index contributed by atoms with van der Waals surface area (Å²) in [5.74, 6) is 0.265. The van der Waals surface area contributed by atoms with Gasteiger partial charge in [-0.1, -0.05) is 12.2 Å². The fourth-order valence-electron chi connectivity index (χ4n) is 2.22. The van der Waals surface area contributed by atoms with Gasteiger partial charge in [-0.25, -0.2) is 4.98 Å². The first kappa shape index (κ1) is 10.9. The van der Waals surface area contributed by atoms with E-state index in [0.29, 0.717) is 12.2 Å². The molecule has 1 aliphatic carbocycles. The second kappa shape index (κ2) is 4.08. The lowest BCUT2D eigenvalue weighted by atomic mass is 9.82. The van der Waals surface area contributed by atoms with Crippen LogP contribution in [0.15, 0.2) is 12.2 Å². The minimum Gasteiger partial charge on any atom is -0.481 e. The van der Waals surface area contributed by atoms with Gasteiger partial charge >= 0.3 is 5.97 Å². The average Bonchev–Trinajstić information content (AvgIpc) is 2.57. The molecule has 1 aromatic heterocycles. The number of hydrogen-bond donors (Lipinski definition) is 1. The fraction of sp³-hybridized carbons (Fsp3) is 0.545. The van der Waals surface area contributed by atoms with Crippen molar-refractivity contribution in [3.8, 4) is 0 Å². The lowest BCUT2D eigenvalue weighted by Crippen LogP contribution is -2.25. The van der Waals surface area contributed by atoms with Gasteiger partial charge < -0.3 is 5.11 Å². The molecule has 1 aliphatic rings. The number of carbonyl (C=O) groups is 1. The van der Waals surface area contributed by atoms with Crippen molar-refractivity contribution < 1.29 is 9.90 Å². The largest absolute Gasteiger partial charge is 0.481 e. The molecule has 0 aliphatic heterocycles. The third-order valence-corrected chi connectivity index (χ3v) is 2.98. The van der Waals surface area contributed by atoms with Crippen LogP contribution in [0.25, 0.3) is 0 Å². The average molecular weight is 221 g/mol. The third kappa shape index (κ3) is 1.85. The number of aliphatic carboxylic acids is 1. The number of carboxylic acids is 1. The van der Waals surface area contributed by atoms with E-state index < -0.39 is 5.97 Å². The normalized spacial score (nSPS) is 24.6. The van der Waals surface area contributed by atoms with Crippen LogP contribution in [0, 0.1) is 12.8 Å². The predicted octanol–water partition coefficient (Wildman–Crippen LogP) is 1.26. The Morgan fingerprint density at radius 3 is 2.75 bits per heavy atom. The molecule has 0 fully saturated rings. The van der Waals surface area contributed by atoms with Crippen molar-refractivity contribution in [1.29, 1.82) is 0 Å². The van der Waals surface area contributed by atoms with Crippen LogP contribution in [-0.2, 0) is 11.8 Å². The summed E-state index contributed by atoms with van der Waals surface area (Å²) < 4.78 is 1.69. The van der Waals surface area contributed by atoms with Gasteiger partial charge in [0.15, 0.2) is 0 Å². The van der Waals surface area contributed by atoms with Crippen molar-refractivity contribution in [2.24, 2.45) is 13.0 Å². The molecule has 1 heterocycles. The number of carboxylic acid groups (broad SMARTS) is 1. The van der Waals surface area contributed by atoms with E-state index in [4.69, 9.17) is 0 Å². The number of aryl methyl sites for hydroxylation is 2. The summed E-state index contributed by atoms with van der Waals surface area (Å²) in [4.78, 5) is 15.5. The SMILES string of the molecule is Cc1nc(C2CC=CCC2C(=O)O)n(C)n1. The quantitative estimate of drug-likeness (QED) is 0.763. The molecule has 16 heavy (non-hydrogen) atoms. The highest BCUT2D eigenvalue weighted by Crippen LogP contribution is 2.33. The summed E-state index contributed by atoms with van der Waals surface area (Å²) in [5.41, 5.74) is 0. The van der Waals surface area contributed by atoms with Crippen molar-refractivity contribution in [2.45, 2.75) is 25.7 Å². The second-order valence-electron chi connectivity index (χ2n) is 4.13.